The predicted octanol–water partition coefficient (Wildman–Crippen LogP) is 2.21. The number of nitrogens with zero attached hydrogens (tertiary/aromatic N) is 1. The normalized spacial score (nSPS) is 12.9. The number of hydrogen-bond donors (Lipinski definition) is 2. The Kier molecular flexibility index (Phi) is 4.06. The van der Waals surface area contributed by atoms with E-state index >= 15 is 0 Å². The maximum atomic E-state index is 12.2. The lowest BCUT2D eigenvalue weighted by Crippen LogP contribution is -2.14. The molecule has 1 unspecified atom stereocenters. The zero-order valence-corrected chi connectivity index (χ0v) is 12.2. The molecule has 0 saturated carbocycles. The lowest BCUT2D eigenvalue weighted by Gasteiger charge is -2.09. The van der Waals surface area contributed by atoms with Crippen molar-refractivity contribution in [1.29, 1.82) is 0 Å². The second kappa shape index (κ2) is 5.60. The van der Waals surface area contributed by atoms with Gasteiger partial charge in [-0.05, 0) is 43.7 Å². The number of nitrogens with two attached hydrogens (primary N) is 1. The van der Waals surface area contributed by atoms with Gasteiger partial charge in [0.2, 0.25) is 0 Å². The van der Waals surface area contributed by atoms with E-state index in [1.165, 1.54) is 12.1 Å². The Morgan fingerprint density at radius 3 is 2.35 bits per heavy atom. The highest BCUT2D eigenvalue weighted by Gasteiger charge is 2.15. The van der Waals surface area contributed by atoms with Crippen LogP contribution in [-0.4, -0.2) is 13.4 Å². The fraction of sp³-hybridized carbons (Fsp3) is 0.214. The fourth-order valence-electron chi connectivity index (χ4n) is 1.75. The summed E-state index contributed by atoms with van der Waals surface area (Å²) in [6, 6.07) is 11.5. The lowest BCUT2D eigenvalue weighted by atomic mass is 10.1. The molecule has 2 aromatic rings. The number of nitrogens with one attached hydrogen (secondary N) is 1. The van der Waals surface area contributed by atoms with E-state index in [0.29, 0.717) is 5.82 Å². The zero-order valence-electron chi connectivity index (χ0n) is 11.4. The Morgan fingerprint density at radius 2 is 1.80 bits per heavy atom. The first-order valence-electron chi connectivity index (χ1n) is 6.20. The largest absolute Gasteiger partial charge is 0.324 e. The first-order valence-corrected chi connectivity index (χ1v) is 7.69. The number of pyridine rings is 1. The molecule has 1 heterocycles. The highest BCUT2D eigenvalue weighted by Crippen LogP contribution is 2.17. The first kappa shape index (κ1) is 14.5. The second-order valence-electron chi connectivity index (χ2n) is 4.63. The van der Waals surface area contributed by atoms with Gasteiger partial charge in [0.25, 0.3) is 10.0 Å². The SMILES string of the molecule is Cc1cccc(NS(=O)(=O)c2ccc(C(C)N)cc2)n1. The van der Waals surface area contributed by atoms with Crippen molar-refractivity contribution in [2.75, 3.05) is 4.72 Å². The van der Waals surface area contributed by atoms with Gasteiger partial charge in [-0.1, -0.05) is 18.2 Å². The van der Waals surface area contributed by atoms with Crippen molar-refractivity contribution in [3.05, 3.63) is 53.7 Å². The molecule has 0 amide bonds. The van der Waals surface area contributed by atoms with Crippen LogP contribution >= 0.6 is 0 Å². The minimum atomic E-state index is -3.63. The topological polar surface area (TPSA) is 85.1 Å². The van der Waals surface area contributed by atoms with Crippen LogP contribution in [0.15, 0.2) is 47.4 Å². The van der Waals surface area contributed by atoms with Crippen LogP contribution in [0.25, 0.3) is 0 Å². The van der Waals surface area contributed by atoms with Gasteiger partial charge >= 0.3 is 0 Å². The van der Waals surface area contributed by atoms with Crippen LogP contribution in [0.3, 0.4) is 0 Å². The van der Waals surface area contributed by atoms with Gasteiger partial charge in [-0.15, -0.1) is 0 Å². The van der Waals surface area contributed by atoms with Crippen molar-refractivity contribution >= 4 is 15.8 Å². The Morgan fingerprint density at radius 1 is 1.15 bits per heavy atom. The summed E-state index contributed by atoms with van der Waals surface area (Å²) < 4.78 is 26.9. The van der Waals surface area contributed by atoms with E-state index in [1.807, 2.05) is 6.92 Å². The summed E-state index contributed by atoms with van der Waals surface area (Å²) in [5.41, 5.74) is 7.37. The van der Waals surface area contributed by atoms with Gasteiger partial charge in [0.15, 0.2) is 0 Å². The number of aromatic nitrogens is 1. The molecule has 20 heavy (non-hydrogen) atoms. The minimum absolute atomic E-state index is 0.127. The number of sulfonamides is 1. The molecule has 5 nitrogen and oxygen atoms in total. The average Bonchev–Trinajstić information content (AvgIpc) is 2.38. The zero-order chi connectivity index (χ0) is 14.8. The van der Waals surface area contributed by atoms with Gasteiger partial charge in [0.05, 0.1) is 4.90 Å². The van der Waals surface area contributed by atoms with Gasteiger partial charge in [-0.3, -0.25) is 4.72 Å². The molecular weight excluding hydrogens is 274 g/mol. The molecule has 0 spiro atoms. The van der Waals surface area contributed by atoms with E-state index in [1.54, 1.807) is 37.3 Å². The quantitative estimate of drug-likeness (QED) is 0.904. The van der Waals surface area contributed by atoms with Crippen molar-refractivity contribution < 1.29 is 8.42 Å². The van der Waals surface area contributed by atoms with Crippen molar-refractivity contribution in [3.8, 4) is 0 Å². The standard InChI is InChI=1S/C14H17N3O2S/c1-10-4-3-5-14(16-10)17-20(18,19)13-8-6-12(7-9-13)11(2)15/h3-9,11H,15H2,1-2H3,(H,16,17). The van der Waals surface area contributed by atoms with Crippen LogP contribution in [0.4, 0.5) is 5.82 Å². The van der Waals surface area contributed by atoms with Gasteiger partial charge in [-0.25, -0.2) is 13.4 Å². The average molecular weight is 291 g/mol. The Bertz CT molecular complexity index is 695. The van der Waals surface area contributed by atoms with Gasteiger partial charge in [0.1, 0.15) is 5.82 Å². The third kappa shape index (κ3) is 3.34. The maximum Gasteiger partial charge on any atom is 0.263 e. The predicted molar refractivity (Wildman–Crippen MR) is 78.8 cm³/mol. The molecule has 0 saturated heterocycles. The Balaban J connectivity index is 2.26. The monoisotopic (exact) mass is 291 g/mol. The molecule has 0 fully saturated rings. The van der Waals surface area contributed by atoms with Crippen LogP contribution in [0.5, 0.6) is 0 Å². The maximum absolute atomic E-state index is 12.2. The third-order valence-electron chi connectivity index (χ3n) is 2.84. The summed E-state index contributed by atoms with van der Waals surface area (Å²) in [5, 5.41) is 0. The van der Waals surface area contributed by atoms with Crippen molar-refractivity contribution in [1.82, 2.24) is 4.98 Å². The molecule has 1 aromatic carbocycles. The number of benzene rings is 1. The summed E-state index contributed by atoms with van der Waals surface area (Å²) in [6.07, 6.45) is 0. The molecule has 0 bridgehead atoms. The molecule has 1 atom stereocenters. The number of aryl methyl sites for hydroxylation is 1. The smallest absolute Gasteiger partial charge is 0.263 e. The van der Waals surface area contributed by atoms with Crippen molar-refractivity contribution in [3.63, 3.8) is 0 Å². The molecule has 3 N–H and O–H groups in total. The molecular formula is C14H17N3O2S. The van der Waals surface area contributed by atoms with E-state index in [0.717, 1.165) is 11.3 Å². The highest BCUT2D eigenvalue weighted by atomic mass is 32.2. The number of hydrogen-bond acceptors (Lipinski definition) is 4. The second-order valence-corrected chi connectivity index (χ2v) is 6.31. The highest BCUT2D eigenvalue weighted by molar-refractivity contribution is 7.92. The molecule has 0 aliphatic rings. The summed E-state index contributed by atoms with van der Waals surface area (Å²) in [6.45, 7) is 3.65. The number of anilines is 1. The third-order valence-corrected chi connectivity index (χ3v) is 4.21. The van der Waals surface area contributed by atoms with Crippen LogP contribution < -0.4 is 10.5 Å². The van der Waals surface area contributed by atoms with Crippen LogP contribution in [0.2, 0.25) is 0 Å². The molecule has 1 aromatic heterocycles. The van der Waals surface area contributed by atoms with E-state index in [9.17, 15) is 8.42 Å². The first-order chi connectivity index (χ1) is 9.38. The van der Waals surface area contributed by atoms with Crippen LogP contribution in [-0.2, 0) is 10.0 Å². The molecule has 0 aliphatic carbocycles. The molecule has 2 rings (SSSR count). The Hall–Kier alpha value is -1.92. The molecule has 0 aliphatic heterocycles. The summed E-state index contributed by atoms with van der Waals surface area (Å²) in [7, 11) is -3.63. The fourth-order valence-corrected chi connectivity index (χ4v) is 2.75. The van der Waals surface area contributed by atoms with Crippen LogP contribution in [0, 0.1) is 6.92 Å². The molecule has 0 radical (unpaired) electrons. The summed E-state index contributed by atoms with van der Waals surface area (Å²) >= 11 is 0. The van der Waals surface area contributed by atoms with E-state index in [2.05, 4.69) is 9.71 Å². The van der Waals surface area contributed by atoms with Crippen molar-refractivity contribution in [2.24, 2.45) is 5.73 Å². The molecule has 106 valence electrons. The van der Waals surface area contributed by atoms with E-state index in [4.69, 9.17) is 5.73 Å². The summed E-state index contributed by atoms with van der Waals surface area (Å²) in [4.78, 5) is 4.30. The Labute approximate surface area is 118 Å². The van der Waals surface area contributed by atoms with Crippen LogP contribution in [0.1, 0.15) is 24.2 Å². The number of rotatable bonds is 4. The van der Waals surface area contributed by atoms with Crippen molar-refractivity contribution in [2.45, 2.75) is 24.8 Å². The van der Waals surface area contributed by atoms with Gasteiger partial charge in [0, 0.05) is 11.7 Å². The lowest BCUT2D eigenvalue weighted by molar-refractivity contribution is 0.601. The van der Waals surface area contributed by atoms with E-state index < -0.39 is 10.0 Å². The van der Waals surface area contributed by atoms with Gasteiger partial charge in [-0.2, -0.15) is 0 Å². The minimum Gasteiger partial charge on any atom is -0.324 e. The summed E-state index contributed by atoms with van der Waals surface area (Å²) in [5.74, 6) is 0.307. The van der Waals surface area contributed by atoms with E-state index in [-0.39, 0.29) is 10.9 Å². The molecule has 6 heteroatoms. The van der Waals surface area contributed by atoms with Gasteiger partial charge < -0.3 is 5.73 Å².